The largest absolute Gasteiger partial charge is 0.495 e. The van der Waals surface area contributed by atoms with Crippen molar-refractivity contribution in [2.45, 2.75) is 117 Å². The maximum atomic E-state index is 6.06. The number of aromatic nitrogens is 4. The fourth-order valence-corrected chi connectivity index (χ4v) is 6.23. The zero-order valence-corrected chi connectivity index (χ0v) is 32.8. The van der Waals surface area contributed by atoms with Crippen molar-refractivity contribution >= 4 is 87.8 Å². The van der Waals surface area contributed by atoms with Gasteiger partial charge in [0.05, 0.1) is 33.6 Å². The second-order valence-electron chi connectivity index (χ2n) is 15.3. The molecule has 0 atom stereocenters. The van der Waals surface area contributed by atoms with Crippen LogP contribution in [0.1, 0.15) is 83.1 Å². The Morgan fingerprint density at radius 2 is 0.917 bits per heavy atom. The monoisotopic (exact) mass is 762 g/mol. The molecule has 10 nitrogen and oxygen atoms in total. The van der Waals surface area contributed by atoms with E-state index in [1.54, 1.807) is 12.1 Å². The maximum Gasteiger partial charge on any atom is 0.495 e. The van der Waals surface area contributed by atoms with Crippen LogP contribution in [0.3, 0.4) is 0 Å². The first-order valence-corrected chi connectivity index (χ1v) is 17.5. The van der Waals surface area contributed by atoms with Crippen LogP contribution >= 0.6 is 39.1 Å². The van der Waals surface area contributed by atoms with E-state index >= 15 is 0 Å². The first kappa shape index (κ1) is 37.6. The Hall–Kier alpha value is -1.61. The lowest BCUT2D eigenvalue weighted by Crippen LogP contribution is -2.41. The van der Waals surface area contributed by atoms with E-state index in [2.05, 4.69) is 35.9 Å². The molecule has 2 N–H and O–H groups in total. The summed E-state index contributed by atoms with van der Waals surface area (Å²) in [6.45, 7) is 24.3. The van der Waals surface area contributed by atoms with Gasteiger partial charge in [0, 0.05) is 27.6 Å². The highest BCUT2D eigenvalue weighted by atomic mass is 79.9. The van der Waals surface area contributed by atoms with Crippen LogP contribution in [0, 0.1) is 0 Å². The number of nitrogens with zero attached hydrogens (tertiary/aromatic N) is 2. The number of aromatic amines is 2. The molecule has 48 heavy (non-hydrogen) atoms. The number of rotatable bonds is 2. The van der Waals surface area contributed by atoms with E-state index in [9.17, 15) is 0 Å². The summed E-state index contributed by atoms with van der Waals surface area (Å²) in [6, 6.07) is 7.49. The summed E-state index contributed by atoms with van der Waals surface area (Å²) in [4.78, 5) is 14.4. The first-order valence-electron chi connectivity index (χ1n) is 15.9. The van der Waals surface area contributed by atoms with Crippen LogP contribution in [0.4, 0.5) is 0 Å². The molecule has 3 aliphatic heterocycles. The number of H-pyrrole nitrogens is 2. The van der Waals surface area contributed by atoms with Gasteiger partial charge in [0.1, 0.15) is 21.6 Å². The van der Waals surface area contributed by atoms with Crippen molar-refractivity contribution in [2.75, 3.05) is 0 Å². The van der Waals surface area contributed by atoms with Gasteiger partial charge in [-0.2, -0.15) is 0 Å². The standard InChI is InChI=1S/C13H16BClN2O2.C12H24B2O4.C7H4BrClN2/c1-12(2)13(3,4)19-14(18-12)9-7-10(15)17-11-8(9)5-6-16-11;1-9(2)10(3,4)16-13(15-9)14-17-11(5,6)12(7,8)18-14;8-5-3-6(9)11-7-4(5)1-2-10-7/h5-7H,1-4H3,(H,16,17);1-8H3;1-3H,(H,10,11). The molecule has 3 saturated heterocycles. The Labute approximate surface area is 302 Å². The summed E-state index contributed by atoms with van der Waals surface area (Å²) in [5, 5.41) is 2.95. The van der Waals surface area contributed by atoms with Crippen molar-refractivity contribution < 1.29 is 27.9 Å². The molecule has 3 aliphatic rings. The molecule has 7 heterocycles. The third-order valence-corrected chi connectivity index (χ3v) is 11.3. The molecule has 0 aromatic carbocycles. The van der Waals surface area contributed by atoms with Gasteiger partial charge in [0.25, 0.3) is 0 Å². The molecule has 0 saturated carbocycles. The summed E-state index contributed by atoms with van der Waals surface area (Å²) in [5.41, 5.74) is 0.299. The highest BCUT2D eigenvalue weighted by molar-refractivity contribution is 9.10. The molecule has 0 bridgehead atoms. The van der Waals surface area contributed by atoms with E-state index in [1.165, 1.54) is 0 Å². The molecule has 16 heteroatoms. The Morgan fingerprint density at radius 1 is 0.562 bits per heavy atom. The Kier molecular flexibility index (Phi) is 10.1. The fourth-order valence-electron chi connectivity index (χ4n) is 5.16. The van der Waals surface area contributed by atoms with Crippen LogP contribution in [-0.4, -0.2) is 74.7 Å². The van der Waals surface area contributed by atoms with E-state index in [0.717, 1.165) is 32.0 Å². The van der Waals surface area contributed by atoms with E-state index in [4.69, 9.17) is 51.1 Å². The summed E-state index contributed by atoms with van der Waals surface area (Å²) >= 11 is 15.2. The third-order valence-electron chi connectivity index (χ3n) is 10.2. The molecule has 0 unspecified atom stereocenters. The van der Waals surface area contributed by atoms with E-state index in [0.29, 0.717) is 10.3 Å². The number of halogens is 3. The topological polar surface area (TPSA) is 113 Å². The summed E-state index contributed by atoms with van der Waals surface area (Å²) < 4.78 is 36.9. The molecular weight excluding hydrogens is 720 g/mol. The van der Waals surface area contributed by atoms with Crippen LogP contribution in [0.15, 0.2) is 41.1 Å². The maximum absolute atomic E-state index is 6.06. The minimum Gasteiger partial charge on any atom is -0.405 e. The van der Waals surface area contributed by atoms with Crippen LogP contribution in [0.25, 0.3) is 22.1 Å². The van der Waals surface area contributed by atoms with Gasteiger partial charge in [0.15, 0.2) is 0 Å². The van der Waals surface area contributed by atoms with Crippen LogP contribution in [-0.2, 0) is 27.9 Å². The number of nitrogens with one attached hydrogen (secondary N) is 2. The van der Waals surface area contributed by atoms with E-state index < -0.39 is 21.1 Å². The van der Waals surface area contributed by atoms with Crippen LogP contribution in [0.2, 0.25) is 10.3 Å². The SMILES string of the molecule is CC1(C)OB(B2OC(C)(C)C(C)(C)O2)OC1(C)C.CC1(C)OB(c2cc(Cl)nc3[nH]ccc23)OC1(C)C.Clc1cc(Br)c2cc[nH]c2n1. The van der Waals surface area contributed by atoms with Gasteiger partial charge in [0.2, 0.25) is 0 Å². The molecule has 0 aliphatic carbocycles. The van der Waals surface area contributed by atoms with E-state index in [-0.39, 0.29) is 33.6 Å². The van der Waals surface area contributed by atoms with Gasteiger partial charge < -0.3 is 37.9 Å². The van der Waals surface area contributed by atoms with Gasteiger partial charge in [-0.25, -0.2) is 9.97 Å². The molecule has 4 aromatic rings. The average Bonchev–Trinajstić information content (AvgIpc) is 3.71. The minimum atomic E-state index is -0.476. The van der Waals surface area contributed by atoms with Crippen LogP contribution in [0.5, 0.6) is 0 Å². The molecule has 0 amide bonds. The number of pyridine rings is 2. The molecule has 3 fully saturated rings. The van der Waals surface area contributed by atoms with Crippen molar-refractivity contribution in [3.63, 3.8) is 0 Å². The van der Waals surface area contributed by atoms with E-state index in [1.807, 2.05) is 108 Å². The molecule has 4 aromatic heterocycles. The van der Waals surface area contributed by atoms with Crippen LogP contribution < -0.4 is 5.46 Å². The normalized spacial score (nSPS) is 22.9. The second-order valence-corrected chi connectivity index (χ2v) is 16.9. The highest BCUT2D eigenvalue weighted by Gasteiger charge is 2.63. The lowest BCUT2D eigenvalue weighted by atomic mass is 9.49. The summed E-state index contributed by atoms with van der Waals surface area (Å²) in [7, 11) is -1.38. The predicted octanol–water partition coefficient (Wildman–Crippen LogP) is 7.74. The lowest BCUT2D eigenvalue weighted by Gasteiger charge is -2.32. The average molecular weight is 764 g/mol. The molecular formula is C32H44B3BrCl2N4O6. The van der Waals surface area contributed by atoms with Crippen molar-refractivity contribution in [1.82, 2.24) is 19.9 Å². The van der Waals surface area contributed by atoms with Gasteiger partial charge in [-0.05, 0) is 129 Å². The summed E-state index contributed by atoms with van der Waals surface area (Å²) in [6.07, 6.45) is 3.67. The third kappa shape index (κ3) is 7.25. The van der Waals surface area contributed by atoms with Gasteiger partial charge in [-0.3, -0.25) is 0 Å². The van der Waals surface area contributed by atoms with Crippen molar-refractivity contribution in [3.05, 3.63) is 51.4 Å². The van der Waals surface area contributed by atoms with Gasteiger partial charge >= 0.3 is 21.1 Å². The first-order chi connectivity index (χ1) is 22.0. The fraction of sp³-hybridized carbons (Fsp3) is 0.562. The Balaban J connectivity index is 0.000000146. The second kappa shape index (κ2) is 12.9. The number of hydrogen-bond donors (Lipinski definition) is 2. The smallest absolute Gasteiger partial charge is 0.405 e. The Bertz CT molecular complexity index is 1720. The van der Waals surface area contributed by atoms with Gasteiger partial charge in [-0.1, -0.05) is 23.2 Å². The number of hydrogen-bond acceptors (Lipinski definition) is 8. The Morgan fingerprint density at radius 3 is 1.35 bits per heavy atom. The molecule has 0 spiro atoms. The van der Waals surface area contributed by atoms with Crippen molar-refractivity contribution in [1.29, 1.82) is 0 Å². The number of fused-ring (bicyclic) bond motifs is 2. The highest BCUT2D eigenvalue weighted by Crippen LogP contribution is 2.43. The molecule has 0 radical (unpaired) electrons. The zero-order valence-electron chi connectivity index (χ0n) is 29.7. The van der Waals surface area contributed by atoms with Gasteiger partial charge in [-0.15, -0.1) is 0 Å². The predicted molar refractivity (Wildman–Crippen MR) is 198 cm³/mol. The van der Waals surface area contributed by atoms with Crippen molar-refractivity contribution in [2.24, 2.45) is 0 Å². The summed E-state index contributed by atoms with van der Waals surface area (Å²) in [5.74, 6) is 0. The molecule has 258 valence electrons. The van der Waals surface area contributed by atoms with Crippen molar-refractivity contribution in [3.8, 4) is 0 Å². The molecule has 7 rings (SSSR count). The minimum absolute atomic E-state index is 0.360. The zero-order chi connectivity index (χ0) is 35.7. The lowest BCUT2D eigenvalue weighted by molar-refractivity contribution is 0.00578. The quantitative estimate of drug-likeness (QED) is 0.158.